The van der Waals surface area contributed by atoms with Gasteiger partial charge in [0.25, 0.3) is 0 Å². The van der Waals surface area contributed by atoms with Gasteiger partial charge in [-0.25, -0.2) is 9.98 Å². The zero-order valence-corrected chi connectivity index (χ0v) is 14.0. The van der Waals surface area contributed by atoms with Gasteiger partial charge in [0.15, 0.2) is 10.8 Å². The van der Waals surface area contributed by atoms with Crippen LogP contribution in [-0.2, 0) is 6.42 Å². The van der Waals surface area contributed by atoms with Crippen LogP contribution in [-0.4, -0.2) is 23.7 Å². The minimum atomic E-state index is -1.03. The zero-order chi connectivity index (χ0) is 17.0. The first-order chi connectivity index (χ1) is 11.6. The summed E-state index contributed by atoms with van der Waals surface area (Å²) >= 11 is 6.78. The number of hydrogen-bond donors (Lipinski definition) is 0. The molecule has 1 heterocycles. The van der Waals surface area contributed by atoms with Crippen LogP contribution >= 0.6 is 11.6 Å². The van der Waals surface area contributed by atoms with Crippen molar-refractivity contribution >= 4 is 23.1 Å². The highest BCUT2D eigenvalue weighted by atomic mass is 35.5. The molecule has 1 aliphatic rings. The molecule has 1 atom stereocenters. The van der Waals surface area contributed by atoms with Crippen molar-refractivity contribution in [2.45, 2.75) is 17.8 Å². The normalized spacial score (nSPS) is 19.4. The molecule has 0 bridgehead atoms. The SMILES string of the molecule is COc1cccc(CC2(Cl)N=C(c3ccccc3)N=C2CC#N)c1. The molecule has 3 rings (SSSR count). The van der Waals surface area contributed by atoms with Crippen LogP contribution < -0.4 is 4.74 Å². The maximum Gasteiger partial charge on any atom is 0.179 e. The molecule has 1 aliphatic heterocycles. The summed E-state index contributed by atoms with van der Waals surface area (Å²) in [5.41, 5.74) is 2.45. The molecule has 0 spiro atoms. The molecule has 2 aromatic rings. The van der Waals surface area contributed by atoms with Gasteiger partial charge in [-0.05, 0) is 17.7 Å². The van der Waals surface area contributed by atoms with Gasteiger partial charge in [0.2, 0.25) is 0 Å². The molecule has 0 saturated heterocycles. The predicted molar refractivity (Wildman–Crippen MR) is 95.9 cm³/mol. The smallest absolute Gasteiger partial charge is 0.179 e. The first kappa shape index (κ1) is 16.2. The maximum atomic E-state index is 9.10. The molecule has 2 aromatic carbocycles. The molecule has 0 aromatic heterocycles. The monoisotopic (exact) mass is 337 g/mol. The highest BCUT2D eigenvalue weighted by Crippen LogP contribution is 2.33. The molecule has 24 heavy (non-hydrogen) atoms. The number of aliphatic imine (C=N–C) groups is 2. The van der Waals surface area contributed by atoms with Gasteiger partial charge < -0.3 is 4.74 Å². The van der Waals surface area contributed by atoms with Gasteiger partial charge in [0.05, 0.1) is 25.3 Å². The minimum Gasteiger partial charge on any atom is -0.497 e. The number of hydrogen-bond acceptors (Lipinski definition) is 4. The van der Waals surface area contributed by atoms with Crippen LogP contribution in [0.5, 0.6) is 5.75 Å². The molecule has 0 amide bonds. The lowest BCUT2D eigenvalue weighted by Crippen LogP contribution is -2.30. The summed E-state index contributed by atoms with van der Waals surface area (Å²) in [5.74, 6) is 1.33. The van der Waals surface area contributed by atoms with Crippen molar-refractivity contribution in [3.8, 4) is 11.8 Å². The number of benzene rings is 2. The van der Waals surface area contributed by atoms with Gasteiger partial charge >= 0.3 is 0 Å². The number of ether oxygens (including phenoxy) is 1. The number of nitrogens with zero attached hydrogens (tertiary/aromatic N) is 3. The van der Waals surface area contributed by atoms with Crippen LogP contribution in [0, 0.1) is 11.3 Å². The molecule has 0 aliphatic carbocycles. The number of rotatable bonds is 5. The first-order valence-corrected chi connectivity index (χ1v) is 7.94. The summed E-state index contributed by atoms with van der Waals surface area (Å²) in [6.07, 6.45) is 0.593. The Morgan fingerprint density at radius 3 is 2.67 bits per heavy atom. The van der Waals surface area contributed by atoms with E-state index >= 15 is 0 Å². The van der Waals surface area contributed by atoms with Crippen molar-refractivity contribution in [1.29, 1.82) is 5.26 Å². The van der Waals surface area contributed by atoms with Crippen molar-refractivity contribution in [2.75, 3.05) is 7.11 Å². The summed E-state index contributed by atoms with van der Waals surface area (Å²) in [6, 6.07) is 19.4. The number of halogens is 1. The van der Waals surface area contributed by atoms with Gasteiger partial charge in [-0.3, -0.25) is 0 Å². The van der Waals surface area contributed by atoms with E-state index in [0.29, 0.717) is 18.0 Å². The van der Waals surface area contributed by atoms with Crippen LogP contribution in [0.15, 0.2) is 64.6 Å². The third-order valence-corrected chi connectivity index (χ3v) is 4.25. The lowest BCUT2D eigenvalue weighted by atomic mass is 10.0. The van der Waals surface area contributed by atoms with Crippen LogP contribution in [0.4, 0.5) is 0 Å². The lowest BCUT2D eigenvalue weighted by Gasteiger charge is -2.19. The molecule has 4 nitrogen and oxygen atoms in total. The Hall–Kier alpha value is -2.64. The molecular weight excluding hydrogens is 322 g/mol. The third kappa shape index (κ3) is 3.32. The fraction of sp³-hybridized carbons (Fsp3) is 0.211. The lowest BCUT2D eigenvalue weighted by molar-refractivity contribution is 0.414. The number of amidine groups is 1. The zero-order valence-electron chi connectivity index (χ0n) is 13.2. The second-order valence-electron chi connectivity index (χ2n) is 5.48. The molecule has 120 valence electrons. The summed E-state index contributed by atoms with van der Waals surface area (Å²) in [6.45, 7) is 0. The van der Waals surface area contributed by atoms with Gasteiger partial charge in [-0.2, -0.15) is 5.26 Å². The van der Waals surface area contributed by atoms with Gasteiger partial charge in [0, 0.05) is 12.0 Å². The summed E-state index contributed by atoms with van der Waals surface area (Å²) in [7, 11) is 1.62. The highest BCUT2D eigenvalue weighted by Gasteiger charge is 2.38. The van der Waals surface area contributed by atoms with E-state index < -0.39 is 5.00 Å². The molecule has 0 saturated carbocycles. The van der Waals surface area contributed by atoms with Crippen molar-refractivity contribution in [1.82, 2.24) is 0 Å². The van der Waals surface area contributed by atoms with Crippen LogP contribution in [0.3, 0.4) is 0 Å². The first-order valence-electron chi connectivity index (χ1n) is 7.57. The second-order valence-corrected chi connectivity index (χ2v) is 6.11. The van der Waals surface area contributed by atoms with Crippen molar-refractivity contribution in [3.63, 3.8) is 0 Å². The Morgan fingerprint density at radius 2 is 1.96 bits per heavy atom. The van der Waals surface area contributed by atoms with E-state index in [4.69, 9.17) is 21.6 Å². The minimum absolute atomic E-state index is 0.146. The molecule has 1 unspecified atom stereocenters. The van der Waals surface area contributed by atoms with Crippen LogP contribution in [0.2, 0.25) is 0 Å². The predicted octanol–water partition coefficient (Wildman–Crippen LogP) is 3.99. The maximum absolute atomic E-state index is 9.10. The topological polar surface area (TPSA) is 57.7 Å². The van der Waals surface area contributed by atoms with Gasteiger partial charge in [-0.1, -0.05) is 54.1 Å². The Bertz CT molecular complexity index is 839. The molecule has 0 fully saturated rings. The Kier molecular flexibility index (Phi) is 4.64. The second kappa shape index (κ2) is 6.86. The molecule has 5 heteroatoms. The van der Waals surface area contributed by atoms with E-state index in [0.717, 1.165) is 16.9 Å². The van der Waals surface area contributed by atoms with Crippen LogP contribution in [0.1, 0.15) is 17.5 Å². The van der Waals surface area contributed by atoms with Crippen molar-refractivity contribution in [2.24, 2.45) is 9.98 Å². The van der Waals surface area contributed by atoms with Crippen LogP contribution in [0.25, 0.3) is 0 Å². The van der Waals surface area contributed by atoms with Gasteiger partial charge in [0.1, 0.15) is 5.75 Å². The Labute approximate surface area is 146 Å². The third-order valence-electron chi connectivity index (χ3n) is 3.82. The Balaban J connectivity index is 1.95. The quantitative estimate of drug-likeness (QED) is 0.612. The van der Waals surface area contributed by atoms with E-state index in [1.807, 2.05) is 54.6 Å². The van der Waals surface area contributed by atoms with E-state index in [1.165, 1.54) is 0 Å². The van der Waals surface area contributed by atoms with Gasteiger partial charge in [-0.15, -0.1) is 0 Å². The molecule has 0 radical (unpaired) electrons. The number of methoxy groups -OCH3 is 1. The Morgan fingerprint density at radius 1 is 1.17 bits per heavy atom. The van der Waals surface area contributed by atoms with E-state index in [1.54, 1.807) is 7.11 Å². The average molecular weight is 338 g/mol. The number of alkyl halides is 1. The van der Waals surface area contributed by atoms with Crippen molar-refractivity contribution in [3.05, 3.63) is 65.7 Å². The fourth-order valence-corrected chi connectivity index (χ4v) is 2.97. The van der Waals surface area contributed by atoms with Crippen molar-refractivity contribution < 1.29 is 4.74 Å². The summed E-state index contributed by atoms with van der Waals surface area (Å²) in [4.78, 5) is 8.11. The largest absolute Gasteiger partial charge is 0.497 e. The van der Waals surface area contributed by atoms with E-state index in [2.05, 4.69) is 16.1 Å². The number of nitriles is 1. The highest BCUT2D eigenvalue weighted by molar-refractivity contribution is 6.40. The molecule has 0 N–H and O–H groups in total. The standard InChI is InChI=1S/C19H16ClN3O/c1-24-16-9-5-6-14(12-16)13-19(20)17(10-11-21)22-18(23-19)15-7-3-2-4-8-15/h2-9,12H,10,13H2,1H3. The summed E-state index contributed by atoms with van der Waals surface area (Å²) < 4.78 is 5.26. The van der Waals surface area contributed by atoms with E-state index in [9.17, 15) is 0 Å². The van der Waals surface area contributed by atoms with E-state index in [-0.39, 0.29) is 6.42 Å². The average Bonchev–Trinajstić information content (AvgIpc) is 2.93. The fourth-order valence-electron chi connectivity index (χ4n) is 2.63. The molecular formula is C19H16ClN3O. The summed E-state index contributed by atoms with van der Waals surface area (Å²) in [5, 5.41) is 9.10.